The summed E-state index contributed by atoms with van der Waals surface area (Å²) in [5.41, 5.74) is 10.2. The van der Waals surface area contributed by atoms with E-state index >= 15 is 0 Å². The molecule has 0 fully saturated rings. The molecular formula is C23H27N3O2S. The lowest BCUT2D eigenvalue weighted by Crippen LogP contribution is -2.26. The van der Waals surface area contributed by atoms with Gasteiger partial charge in [-0.1, -0.05) is 25.1 Å². The van der Waals surface area contributed by atoms with Crippen LogP contribution in [-0.2, 0) is 30.6 Å². The molecule has 0 saturated carbocycles. The third-order valence-corrected chi connectivity index (χ3v) is 6.58. The van der Waals surface area contributed by atoms with E-state index in [1.54, 1.807) is 4.57 Å². The van der Waals surface area contributed by atoms with E-state index in [9.17, 15) is 9.59 Å². The molecule has 0 saturated heterocycles. The summed E-state index contributed by atoms with van der Waals surface area (Å²) < 4.78 is 1.75. The molecule has 1 aliphatic carbocycles. The van der Waals surface area contributed by atoms with Gasteiger partial charge in [0.1, 0.15) is 10.7 Å². The van der Waals surface area contributed by atoms with Gasteiger partial charge in [-0.25, -0.2) is 4.98 Å². The second-order valence-electron chi connectivity index (χ2n) is 7.82. The molecule has 2 aromatic heterocycles. The zero-order chi connectivity index (χ0) is 20.4. The second kappa shape index (κ2) is 8.49. The van der Waals surface area contributed by atoms with E-state index in [0.717, 1.165) is 47.5 Å². The van der Waals surface area contributed by atoms with E-state index in [-0.39, 0.29) is 17.9 Å². The summed E-state index contributed by atoms with van der Waals surface area (Å²) in [6.45, 7) is 2.55. The van der Waals surface area contributed by atoms with Crippen molar-refractivity contribution in [3.8, 4) is 11.1 Å². The molecule has 1 aliphatic rings. The quantitative estimate of drug-likeness (QED) is 0.634. The highest BCUT2D eigenvalue weighted by Gasteiger charge is 2.18. The molecule has 3 aromatic rings. The van der Waals surface area contributed by atoms with E-state index in [2.05, 4.69) is 30.5 Å². The number of aromatic nitrogens is 2. The minimum absolute atomic E-state index is 0.00288. The number of hydrogen-bond donors (Lipinski definition) is 1. The fourth-order valence-electron chi connectivity index (χ4n) is 4.24. The van der Waals surface area contributed by atoms with E-state index in [1.165, 1.54) is 35.3 Å². The van der Waals surface area contributed by atoms with Crippen molar-refractivity contribution >= 4 is 27.5 Å². The molecule has 2 heterocycles. The third-order valence-electron chi connectivity index (χ3n) is 5.71. The van der Waals surface area contributed by atoms with Crippen molar-refractivity contribution in [2.45, 2.75) is 64.8 Å². The molecule has 2 N–H and O–H groups in total. The lowest BCUT2D eigenvalue weighted by atomic mass is 9.89. The Hall–Kier alpha value is -2.47. The molecule has 0 bridgehead atoms. The molecule has 4 rings (SSSR count). The van der Waals surface area contributed by atoms with Crippen LogP contribution in [0.3, 0.4) is 0 Å². The topological polar surface area (TPSA) is 78.0 Å². The van der Waals surface area contributed by atoms with Gasteiger partial charge in [0.15, 0.2) is 0 Å². The number of fused-ring (bicyclic) bond motifs is 2. The maximum atomic E-state index is 13.5. The highest BCUT2D eigenvalue weighted by Crippen LogP contribution is 2.34. The van der Waals surface area contributed by atoms with Gasteiger partial charge in [0.25, 0.3) is 5.56 Å². The summed E-state index contributed by atoms with van der Waals surface area (Å²) in [4.78, 5) is 30.2. The number of primary amides is 1. The van der Waals surface area contributed by atoms with Gasteiger partial charge < -0.3 is 5.73 Å². The number of hydrogen-bond acceptors (Lipinski definition) is 4. The Bertz CT molecular complexity index is 1110. The first-order chi connectivity index (χ1) is 14.1. The normalized spacial score (nSPS) is 13.6. The summed E-state index contributed by atoms with van der Waals surface area (Å²) in [7, 11) is 0. The van der Waals surface area contributed by atoms with Crippen molar-refractivity contribution in [1.29, 1.82) is 0 Å². The molecule has 1 amide bonds. The van der Waals surface area contributed by atoms with E-state index in [1.807, 2.05) is 0 Å². The first-order valence-corrected chi connectivity index (χ1v) is 11.4. The Morgan fingerprint density at radius 2 is 2.03 bits per heavy atom. The number of rotatable bonds is 7. The van der Waals surface area contributed by atoms with E-state index < -0.39 is 0 Å². The van der Waals surface area contributed by atoms with Crippen LogP contribution in [0.4, 0.5) is 0 Å². The Labute approximate surface area is 174 Å². The molecule has 0 unspecified atom stereocenters. The molecule has 29 heavy (non-hydrogen) atoms. The van der Waals surface area contributed by atoms with Crippen LogP contribution in [0.2, 0.25) is 0 Å². The lowest BCUT2D eigenvalue weighted by Gasteiger charge is -2.16. The Morgan fingerprint density at radius 1 is 1.24 bits per heavy atom. The number of amides is 1. The van der Waals surface area contributed by atoms with Crippen LogP contribution in [0.5, 0.6) is 0 Å². The predicted molar refractivity (Wildman–Crippen MR) is 118 cm³/mol. The van der Waals surface area contributed by atoms with Crippen molar-refractivity contribution in [2.75, 3.05) is 0 Å². The molecule has 6 heteroatoms. The van der Waals surface area contributed by atoms with Crippen LogP contribution >= 0.6 is 11.3 Å². The van der Waals surface area contributed by atoms with Gasteiger partial charge in [-0.05, 0) is 55.2 Å². The molecule has 0 radical (unpaired) electrons. The number of benzene rings is 1. The largest absolute Gasteiger partial charge is 0.370 e. The van der Waals surface area contributed by atoms with Gasteiger partial charge in [-0.15, -0.1) is 11.3 Å². The Balaban J connectivity index is 1.80. The van der Waals surface area contributed by atoms with Crippen LogP contribution in [-0.4, -0.2) is 15.5 Å². The monoisotopic (exact) mass is 409 g/mol. The standard InChI is InChI=1S/C23H27N3O2S/c1-2-6-20-25-22-21(23(28)26(20)12-5-9-19(24)27)18(14-29-22)17-11-10-15-7-3-4-8-16(15)13-17/h10-11,13-14H,2-9,12H2,1H3,(H2,24,27). The number of carbonyl (C=O) groups is 1. The lowest BCUT2D eigenvalue weighted by molar-refractivity contribution is -0.118. The third kappa shape index (κ3) is 3.99. The molecule has 0 aliphatic heterocycles. The van der Waals surface area contributed by atoms with Crippen LogP contribution in [0.15, 0.2) is 28.4 Å². The van der Waals surface area contributed by atoms with Crippen LogP contribution in [0.25, 0.3) is 21.3 Å². The number of nitrogens with two attached hydrogens (primary N) is 1. The van der Waals surface area contributed by atoms with Crippen molar-refractivity contribution in [1.82, 2.24) is 9.55 Å². The summed E-state index contributed by atoms with van der Waals surface area (Å²) in [5, 5.41) is 2.76. The average molecular weight is 410 g/mol. The van der Waals surface area contributed by atoms with Gasteiger partial charge in [0.2, 0.25) is 5.91 Å². The second-order valence-corrected chi connectivity index (χ2v) is 8.68. The van der Waals surface area contributed by atoms with E-state index in [0.29, 0.717) is 18.4 Å². The fourth-order valence-corrected chi connectivity index (χ4v) is 5.19. The van der Waals surface area contributed by atoms with Crippen molar-refractivity contribution < 1.29 is 4.79 Å². The van der Waals surface area contributed by atoms with Gasteiger partial charge in [-0.3, -0.25) is 14.2 Å². The van der Waals surface area contributed by atoms with Crippen molar-refractivity contribution in [3.63, 3.8) is 0 Å². The fraction of sp³-hybridized carbons (Fsp3) is 0.435. The van der Waals surface area contributed by atoms with E-state index in [4.69, 9.17) is 10.7 Å². The van der Waals surface area contributed by atoms with Gasteiger partial charge >= 0.3 is 0 Å². The molecule has 1 aromatic carbocycles. The number of aryl methyl sites for hydroxylation is 3. The first-order valence-electron chi connectivity index (χ1n) is 10.5. The summed E-state index contributed by atoms with van der Waals surface area (Å²) in [6, 6.07) is 6.62. The van der Waals surface area contributed by atoms with Gasteiger partial charge in [0, 0.05) is 30.3 Å². The minimum atomic E-state index is -0.339. The maximum Gasteiger partial charge on any atom is 0.262 e. The smallest absolute Gasteiger partial charge is 0.262 e. The van der Waals surface area contributed by atoms with Gasteiger partial charge in [-0.2, -0.15) is 0 Å². The number of carbonyl (C=O) groups excluding carboxylic acids is 1. The number of nitrogens with zero attached hydrogens (tertiary/aromatic N) is 2. The average Bonchev–Trinajstić information content (AvgIpc) is 3.14. The highest BCUT2D eigenvalue weighted by molar-refractivity contribution is 7.17. The Morgan fingerprint density at radius 3 is 2.79 bits per heavy atom. The van der Waals surface area contributed by atoms with Crippen molar-refractivity contribution in [2.24, 2.45) is 5.73 Å². The molecule has 0 spiro atoms. The van der Waals surface area contributed by atoms with Crippen molar-refractivity contribution in [3.05, 3.63) is 50.9 Å². The highest BCUT2D eigenvalue weighted by atomic mass is 32.1. The first kappa shape index (κ1) is 19.8. The Kier molecular flexibility index (Phi) is 5.81. The molecule has 152 valence electrons. The molecular weight excluding hydrogens is 382 g/mol. The summed E-state index contributed by atoms with van der Waals surface area (Å²) in [6.07, 6.45) is 7.23. The zero-order valence-electron chi connectivity index (χ0n) is 16.9. The van der Waals surface area contributed by atoms with Crippen LogP contribution in [0, 0.1) is 0 Å². The number of thiophene rings is 1. The van der Waals surface area contributed by atoms with Crippen LogP contribution in [0.1, 0.15) is 56.0 Å². The maximum absolute atomic E-state index is 13.5. The summed E-state index contributed by atoms with van der Waals surface area (Å²) in [5.74, 6) is 0.461. The zero-order valence-corrected chi connectivity index (χ0v) is 17.7. The van der Waals surface area contributed by atoms with Gasteiger partial charge in [0.05, 0.1) is 5.39 Å². The molecule has 0 atom stereocenters. The van der Waals surface area contributed by atoms with Crippen LogP contribution < -0.4 is 11.3 Å². The minimum Gasteiger partial charge on any atom is -0.370 e. The predicted octanol–water partition coefficient (Wildman–Crippen LogP) is 4.22. The molecule has 5 nitrogen and oxygen atoms in total. The SMILES string of the molecule is CCCc1nc2scc(-c3ccc4c(c3)CCCC4)c2c(=O)n1CCCC(N)=O. The summed E-state index contributed by atoms with van der Waals surface area (Å²) >= 11 is 1.54.